The Morgan fingerprint density at radius 3 is 2.71 bits per heavy atom. The van der Waals surface area contributed by atoms with Gasteiger partial charge in [0, 0.05) is 37.3 Å². The van der Waals surface area contributed by atoms with Gasteiger partial charge < -0.3 is 25.6 Å². The largest absolute Gasteiger partial charge is 0.477 e. The number of halogens is 1. The Morgan fingerprint density at radius 2 is 2.06 bits per heavy atom. The van der Waals surface area contributed by atoms with Gasteiger partial charge in [-0.2, -0.15) is 0 Å². The van der Waals surface area contributed by atoms with Crippen LogP contribution in [0, 0.1) is 5.82 Å². The number of carboxylic acid groups (broad SMARTS) is 1. The second-order valence-corrected chi connectivity index (χ2v) is 9.10. The van der Waals surface area contributed by atoms with Crippen molar-refractivity contribution >= 4 is 34.2 Å². The van der Waals surface area contributed by atoms with E-state index >= 15 is 4.39 Å². The van der Waals surface area contributed by atoms with E-state index < -0.39 is 22.8 Å². The number of anilines is 2. The summed E-state index contributed by atoms with van der Waals surface area (Å²) in [5, 5.41) is 12.7. The first-order valence-electron chi connectivity index (χ1n) is 10.5. The Bertz CT molecular complexity index is 1170. The van der Waals surface area contributed by atoms with Crippen LogP contribution in [0.25, 0.3) is 10.9 Å². The van der Waals surface area contributed by atoms with E-state index in [2.05, 4.69) is 5.32 Å². The van der Waals surface area contributed by atoms with Crippen LogP contribution in [0.5, 0.6) is 0 Å². The molecule has 1 fully saturated rings. The fraction of sp³-hybridized carbons (Fsp3) is 0.500. The first-order chi connectivity index (χ1) is 14.5. The number of pyridine rings is 1. The molecule has 0 bridgehead atoms. The van der Waals surface area contributed by atoms with Crippen LogP contribution in [0.15, 0.2) is 10.9 Å². The molecular weight excluding hydrogens is 403 g/mol. The number of benzene rings is 1. The number of amides is 1. The molecule has 2 aliphatic rings. The fourth-order valence-electron chi connectivity index (χ4n) is 4.98. The monoisotopic (exact) mass is 430 g/mol. The third kappa shape index (κ3) is 3.32. The maximum atomic E-state index is 15.2. The number of fused-ring (bicyclic) bond motifs is 3. The third-order valence-corrected chi connectivity index (χ3v) is 6.55. The lowest BCUT2D eigenvalue weighted by atomic mass is 10.0. The van der Waals surface area contributed by atoms with Gasteiger partial charge in [0.15, 0.2) is 5.82 Å². The van der Waals surface area contributed by atoms with E-state index in [0.29, 0.717) is 37.1 Å². The predicted molar refractivity (Wildman–Crippen MR) is 116 cm³/mol. The summed E-state index contributed by atoms with van der Waals surface area (Å²) in [4.78, 5) is 38.3. The van der Waals surface area contributed by atoms with Gasteiger partial charge in [0.2, 0.25) is 11.3 Å². The lowest BCUT2D eigenvalue weighted by Crippen LogP contribution is -2.44. The zero-order valence-corrected chi connectivity index (χ0v) is 17.9. The maximum Gasteiger partial charge on any atom is 0.341 e. The number of hydrogen-bond acceptors (Lipinski definition) is 5. The molecule has 1 aromatic carbocycles. The van der Waals surface area contributed by atoms with Crippen LogP contribution in [0.2, 0.25) is 0 Å². The van der Waals surface area contributed by atoms with E-state index in [9.17, 15) is 19.5 Å². The normalized spacial score (nSPS) is 20.0. The van der Waals surface area contributed by atoms with E-state index in [0.717, 1.165) is 12.8 Å². The van der Waals surface area contributed by atoms with Crippen LogP contribution in [-0.4, -0.2) is 45.6 Å². The summed E-state index contributed by atoms with van der Waals surface area (Å²) in [6, 6.07) is 1.40. The maximum absolute atomic E-state index is 15.2. The number of aromatic nitrogens is 1. The molecule has 166 valence electrons. The Labute approximate surface area is 178 Å². The first kappa shape index (κ1) is 21.1. The van der Waals surface area contributed by atoms with E-state index in [1.165, 1.54) is 6.92 Å². The molecule has 8 nitrogen and oxygen atoms in total. The lowest BCUT2D eigenvalue weighted by molar-refractivity contribution is -0.129. The third-order valence-electron chi connectivity index (χ3n) is 6.55. The number of nitrogen functional groups attached to an aromatic ring is 1. The summed E-state index contributed by atoms with van der Waals surface area (Å²) in [7, 11) is 0. The number of piperidine rings is 1. The molecule has 9 heteroatoms. The molecule has 31 heavy (non-hydrogen) atoms. The van der Waals surface area contributed by atoms with Gasteiger partial charge in [-0.3, -0.25) is 9.59 Å². The zero-order valence-electron chi connectivity index (χ0n) is 17.9. The van der Waals surface area contributed by atoms with Gasteiger partial charge >= 0.3 is 5.97 Å². The van der Waals surface area contributed by atoms with Gasteiger partial charge in [0.1, 0.15) is 5.56 Å². The Hall–Kier alpha value is -3.10. The predicted octanol–water partition coefficient (Wildman–Crippen LogP) is 2.53. The zero-order chi connectivity index (χ0) is 22.7. The van der Waals surface area contributed by atoms with Crippen molar-refractivity contribution in [1.29, 1.82) is 0 Å². The quantitative estimate of drug-likeness (QED) is 0.644. The number of aromatic carboxylic acids is 1. The summed E-state index contributed by atoms with van der Waals surface area (Å²) in [6.07, 6.45) is 2.66. The highest BCUT2D eigenvalue weighted by Crippen LogP contribution is 2.39. The summed E-state index contributed by atoms with van der Waals surface area (Å²) in [5.74, 6) is -2.14. The highest BCUT2D eigenvalue weighted by Gasteiger charge is 2.36. The minimum Gasteiger partial charge on any atom is -0.477 e. The fourth-order valence-corrected chi connectivity index (χ4v) is 4.98. The van der Waals surface area contributed by atoms with Crippen LogP contribution in [-0.2, 0) is 16.8 Å². The lowest BCUT2D eigenvalue weighted by Gasteiger charge is -2.33. The van der Waals surface area contributed by atoms with Gasteiger partial charge in [-0.25, -0.2) is 9.18 Å². The van der Waals surface area contributed by atoms with Crippen molar-refractivity contribution in [3.63, 3.8) is 0 Å². The Morgan fingerprint density at radius 1 is 1.35 bits per heavy atom. The highest BCUT2D eigenvalue weighted by molar-refractivity contribution is 6.00. The SMILES string of the molecule is CC(=O)N1CCC[C@H](Nc2cc3c(c(N)c2F)c(=O)c(C(=O)O)c2n3C(C)(C)CC2)C1. The number of carbonyl (C=O) groups is 2. The van der Waals surface area contributed by atoms with E-state index in [1.807, 2.05) is 18.4 Å². The summed E-state index contributed by atoms with van der Waals surface area (Å²) >= 11 is 0. The minimum absolute atomic E-state index is 0.0303. The highest BCUT2D eigenvalue weighted by atomic mass is 19.1. The number of carboxylic acids is 1. The van der Waals surface area contributed by atoms with Crippen LogP contribution >= 0.6 is 0 Å². The number of nitrogens with one attached hydrogen (secondary N) is 1. The van der Waals surface area contributed by atoms with Crippen molar-refractivity contribution in [3.05, 3.63) is 33.4 Å². The molecule has 0 radical (unpaired) electrons. The van der Waals surface area contributed by atoms with Crippen LogP contribution in [0.3, 0.4) is 0 Å². The summed E-state index contributed by atoms with van der Waals surface area (Å²) in [6.45, 7) is 6.54. The summed E-state index contributed by atoms with van der Waals surface area (Å²) in [5.41, 5.74) is 5.18. The number of nitrogens with zero attached hydrogens (tertiary/aromatic N) is 2. The molecule has 4 N–H and O–H groups in total. The standard InChI is InChI=1S/C22H27FN4O4/c1-11(28)26-8-4-5-12(10-26)25-13-9-15-16(19(24)18(13)23)20(29)17(21(30)31)14-6-7-22(2,3)27(14)15/h9,12,25H,4-8,10,24H2,1-3H3,(H,30,31)/t12-/m0/s1. The second-order valence-electron chi connectivity index (χ2n) is 9.10. The average molecular weight is 430 g/mol. The summed E-state index contributed by atoms with van der Waals surface area (Å²) < 4.78 is 17.1. The Kier molecular flexibility index (Phi) is 4.94. The number of hydrogen-bond donors (Lipinski definition) is 3. The van der Waals surface area contributed by atoms with Crippen LogP contribution in [0.1, 0.15) is 56.1 Å². The molecule has 1 amide bonds. The van der Waals surface area contributed by atoms with Gasteiger partial charge in [-0.1, -0.05) is 0 Å². The van der Waals surface area contributed by atoms with Crippen molar-refractivity contribution in [2.75, 3.05) is 24.1 Å². The minimum atomic E-state index is -1.33. The van der Waals surface area contributed by atoms with Gasteiger partial charge in [0.05, 0.1) is 22.3 Å². The molecule has 2 aromatic rings. The average Bonchev–Trinajstić information content (AvgIpc) is 3.00. The number of nitrogens with two attached hydrogens (primary N) is 1. The molecule has 0 saturated carbocycles. The number of rotatable bonds is 3. The van der Waals surface area contributed by atoms with Gasteiger partial charge in [-0.05, 0) is 45.6 Å². The topological polar surface area (TPSA) is 118 Å². The number of carbonyl (C=O) groups excluding carboxylic acids is 1. The molecule has 1 saturated heterocycles. The van der Waals surface area contributed by atoms with Gasteiger partial charge in [0.25, 0.3) is 0 Å². The van der Waals surface area contributed by atoms with E-state index in [1.54, 1.807) is 11.0 Å². The van der Waals surface area contributed by atoms with Crippen LogP contribution < -0.4 is 16.5 Å². The van der Waals surface area contributed by atoms with Crippen molar-refractivity contribution in [1.82, 2.24) is 9.47 Å². The Balaban J connectivity index is 1.90. The molecule has 4 rings (SSSR count). The molecule has 1 atom stereocenters. The smallest absolute Gasteiger partial charge is 0.341 e. The first-order valence-corrected chi connectivity index (χ1v) is 10.5. The molecule has 0 spiro atoms. The van der Waals surface area contributed by atoms with E-state index in [4.69, 9.17) is 5.73 Å². The van der Waals surface area contributed by atoms with Crippen molar-refractivity contribution in [2.24, 2.45) is 0 Å². The molecule has 2 aliphatic heterocycles. The number of likely N-dealkylation sites (tertiary alicyclic amines) is 1. The van der Waals surface area contributed by atoms with Crippen molar-refractivity contribution in [2.45, 2.75) is 58.0 Å². The molecule has 1 aromatic heterocycles. The molecule has 0 unspecified atom stereocenters. The molecule has 0 aliphatic carbocycles. The van der Waals surface area contributed by atoms with Crippen molar-refractivity contribution in [3.8, 4) is 0 Å². The second kappa shape index (κ2) is 7.25. The van der Waals surface area contributed by atoms with E-state index in [-0.39, 0.29) is 34.3 Å². The van der Waals surface area contributed by atoms with Crippen LogP contribution in [0.4, 0.5) is 15.8 Å². The van der Waals surface area contributed by atoms with Gasteiger partial charge in [-0.15, -0.1) is 0 Å². The molecular formula is C22H27FN4O4. The molecule has 3 heterocycles. The van der Waals surface area contributed by atoms with Crippen molar-refractivity contribution < 1.29 is 19.1 Å².